The molecule has 3 aliphatic rings. The number of amides is 2. The lowest BCUT2D eigenvalue weighted by Gasteiger charge is -2.36. The molecule has 4 rings (SSSR count). The number of fused-ring (bicyclic) bond motifs is 2. The van der Waals surface area contributed by atoms with Crippen LogP contribution in [-0.4, -0.2) is 77.9 Å². The van der Waals surface area contributed by atoms with Crippen molar-refractivity contribution >= 4 is 11.8 Å². The van der Waals surface area contributed by atoms with Gasteiger partial charge in [-0.15, -0.1) is 0 Å². The Labute approximate surface area is 148 Å². The van der Waals surface area contributed by atoms with Crippen LogP contribution in [0.1, 0.15) is 30.1 Å². The summed E-state index contributed by atoms with van der Waals surface area (Å²) in [6.45, 7) is 4.96. The molecule has 0 bridgehead atoms. The Morgan fingerprint density at radius 3 is 2.60 bits per heavy atom. The van der Waals surface area contributed by atoms with Crippen molar-refractivity contribution < 1.29 is 14.3 Å². The van der Waals surface area contributed by atoms with Crippen molar-refractivity contribution in [1.29, 1.82) is 0 Å². The number of para-hydroxylation sites is 1. The molecule has 0 saturated carbocycles. The predicted octanol–water partition coefficient (Wildman–Crippen LogP) is 1.21. The smallest absolute Gasteiger partial charge is 0.257 e. The molecule has 1 aromatic rings. The van der Waals surface area contributed by atoms with E-state index in [9.17, 15) is 9.59 Å². The Morgan fingerprint density at radius 1 is 1.16 bits per heavy atom. The zero-order valence-corrected chi connectivity index (χ0v) is 14.9. The van der Waals surface area contributed by atoms with Crippen molar-refractivity contribution in [1.82, 2.24) is 14.7 Å². The molecule has 6 nitrogen and oxygen atoms in total. The summed E-state index contributed by atoms with van der Waals surface area (Å²) < 4.78 is 6.23. The van der Waals surface area contributed by atoms with Crippen molar-refractivity contribution in [3.8, 4) is 5.75 Å². The number of carbonyl (C=O) groups is 2. The number of nitrogens with zero attached hydrogens (tertiary/aromatic N) is 3. The van der Waals surface area contributed by atoms with Crippen molar-refractivity contribution in [3.05, 3.63) is 29.8 Å². The maximum absolute atomic E-state index is 12.8. The van der Waals surface area contributed by atoms with Crippen LogP contribution >= 0.6 is 0 Å². The number of piperidine rings is 1. The minimum atomic E-state index is 0.00318. The third-order valence-electron chi connectivity index (χ3n) is 5.91. The molecule has 0 spiro atoms. The predicted molar refractivity (Wildman–Crippen MR) is 93.6 cm³/mol. The molecule has 6 heteroatoms. The summed E-state index contributed by atoms with van der Waals surface area (Å²) in [5.41, 5.74) is 0.653. The van der Waals surface area contributed by atoms with Crippen molar-refractivity contribution in [2.24, 2.45) is 0 Å². The van der Waals surface area contributed by atoms with Crippen molar-refractivity contribution in [3.63, 3.8) is 0 Å². The number of hydrogen-bond acceptors (Lipinski definition) is 4. The van der Waals surface area contributed by atoms with Crippen molar-refractivity contribution in [2.75, 3.05) is 33.2 Å². The Morgan fingerprint density at radius 2 is 1.88 bits per heavy atom. The molecule has 0 aliphatic carbocycles. The summed E-state index contributed by atoms with van der Waals surface area (Å²) in [6.07, 6.45) is 1.99. The minimum absolute atomic E-state index is 0.00318. The molecule has 134 valence electrons. The Hall–Kier alpha value is -2.08. The summed E-state index contributed by atoms with van der Waals surface area (Å²) in [7, 11) is 1.88. The van der Waals surface area contributed by atoms with Gasteiger partial charge in [-0.1, -0.05) is 12.1 Å². The molecule has 2 unspecified atom stereocenters. The number of hydrogen-bond donors (Lipinski definition) is 0. The maximum Gasteiger partial charge on any atom is 0.257 e. The fourth-order valence-corrected chi connectivity index (χ4v) is 4.37. The molecule has 25 heavy (non-hydrogen) atoms. The number of rotatable bonds is 1. The summed E-state index contributed by atoms with van der Waals surface area (Å²) >= 11 is 0. The van der Waals surface area contributed by atoms with Gasteiger partial charge in [-0.05, 0) is 25.0 Å². The van der Waals surface area contributed by atoms with E-state index >= 15 is 0 Å². The zero-order valence-electron chi connectivity index (χ0n) is 14.9. The normalized spacial score (nSPS) is 27.5. The third kappa shape index (κ3) is 2.88. The summed E-state index contributed by atoms with van der Waals surface area (Å²) in [6, 6.07) is 8.05. The maximum atomic E-state index is 12.8. The highest BCUT2D eigenvalue weighted by Gasteiger charge is 2.44. The topological polar surface area (TPSA) is 53.1 Å². The van der Waals surface area contributed by atoms with Gasteiger partial charge in [0.2, 0.25) is 5.91 Å². The van der Waals surface area contributed by atoms with Crippen LogP contribution < -0.4 is 4.74 Å². The van der Waals surface area contributed by atoms with Crippen LogP contribution in [0.15, 0.2) is 24.3 Å². The van der Waals surface area contributed by atoms with Crippen molar-refractivity contribution in [2.45, 2.75) is 38.0 Å². The Balaban J connectivity index is 1.48. The molecule has 0 aromatic heterocycles. The van der Waals surface area contributed by atoms with E-state index in [0.717, 1.165) is 39.0 Å². The molecule has 1 aromatic carbocycles. The standard InChI is InChI=1S/C19H25N3O3/c1-13(23)21-9-7-14(8-10-21)22-11-16-18(12-22)25-17-6-4-3-5-15(17)19(24)20(16)2/h3-6,14,16,18H,7-12H2,1-2H3. The summed E-state index contributed by atoms with van der Waals surface area (Å²) in [5, 5.41) is 0. The molecule has 3 aliphatic heterocycles. The van der Waals surface area contributed by atoms with E-state index in [0.29, 0.717) is 17.4 Å². The van der Waals surface area contributed by atoms with Gasteiger partial charge in [0.1, 0.15) is 11.9 Å². The van der Waals surface area contributed by atoms with Crippen LogP contribution in [0.5, 0.6) is 5.75 Å². The van der Waals surface area contributed by atoms with Gasteiger partial charge in [-0.3, -0.25) is 14.5 Å². The highest BCUT2D eigenvalue weighted by Crippen LogP contribution is 2.32. The second-order valence-corrected chi connectivity index (χ2v) is 7.33. The van der Waals surface area contributed by atoms with Gasteiger partial charge in [-0.25, -0.2) is 0 Å². The van der Waals surface area contributed by atoms with E-state index < -0.39 is 0 Å². The zero-order chi connectivity index (χ0) is 17.6. The number of ether oxygens (including phenoxy) is 1. The first-order valence-electron chi connectivity index (χ1n) is 9.07. The van der Waals surface area contributed by atoms with E-state index in [1.54, 1.807) is 6.92 Å². The molecule has 3 heterocycles. The summed E-state index contributed by atoms with van der Waals surface area (Å²) in [4.78, 5) is 30.5. The molecule has 0 N–H and O–H groups in total. The monoisotopic (exact) mass is 343 g/mol. The number of likely N-dealkylation sites (N-methyl/N-ethyl adjacent to an activating group) is 1. The van der Waals surface area contributed by atoms with Crippen LogP contribution in [-0.2, 0) is 4.79 Å². The largest absolute Gasteiger partial charge is 0.486 e. The third-order valence-corrected chi connectivity index (χ3v) is 5.91. The van der Waals surface area contributed by atoms with Gasteiger partial charge in [0.15, 0.2) is 0 Å². The minimum Gasteiger partial charge on any atom is -0.486 e. The van der Waals surface area contributed by atoms with Crippen LogP contribution in [0.25, 0.3) is 0 Å². The second kappa shape index (κ2) is 6.33. The van der Waals surface area contributed by atoms with Gasteiger partial charge in [0.25, 0.3) is 5.91 Å². The van der Waals surface area contributed by atoms with E-state index in [2.05, 4.69) is 4.90 Å². The van der Waals surface area contributed by atoms with E-state index in [4.69, 9.17) is 4.74 Å². The average Bonchev–Trinajstić information content (AvgIpc) is 3.01. The number of likely N-dealkylation sites (tertiary alicyclic amines) is 2. The first-order valence-corrected chi connectivity index (χ1v) is 9.07. The molecule has 2 atom stereocenters. The number of benzene rings is 1. The molecule has 0 radical (unpaired) electrons. The highest BCUT2D eigenvalue weighted by atomic mass is 16.5. The van der Waals surface area contributed by atoms with Gasteiger partial charge < -0.3 is 14.5 Å². The lowest BCUT2D eigenvalue weighted by atomic mass is 10.0. The van der Waals surface area contributed by atoms with Gasteiger partial charge >= 0.3 is 0 Å². The van der Waals surface area contributed by atoms with Crippen LogP contribution in [0.2, 0.25) is 0 Å². The SMILES string of the molecule is CC(=O)N1CCC(N2CC3Oc4ccccc4C(=O)N(C)C3C2)CC1. The fourth-order valence-electron chi connectivity index (χ4n) is 4.37. The number of carbonyl (C=O) groups excluding carboxylic acids is 2. The van der Waals surface area contributed by atoms with Gasteiger partial charge in [0.05, 0.1) is 11.6 Å². The van der Waals surface area contributed by atoms with Gasteiger partial charge in [-0.2, -0.15) is 0 Å². The fraction of sp³-hybridized carbons (Fsp3) is 0.579. The van der Waals surface area contributed by atoms with Crippen LogP contribution in [0.4, 0.5) is 0 Å². The molecular weight excluding hydrogens is 318 g/mol. The molecule has 2 saturated heterocycles. The Bertz CT molecular complexity index is 684. The van der Waals surface area contributed by atoms with E-state index in [1.165, 1.54) is 0 Å². The molecule has 2 amide bonds. The van der Waals surface area contributed by atoms with Gasteiger partial charge in [0, 0.05) is 46.2 Å². The first-order chi connectivity index (χ1) is 12.0. The lowest BCUT2D eigenvalue weighted by Crippen LogP contribution is -2.47. The van der Waals surface area contributed by atoms with Crippen LogP contribution in [0.3, 0.4) is 0 Å². The second-order valence-electron chi connectivity index (χ2n) is 7.33. The first kappa shape index (κ1) is 16.4. The lowest BCUT2D eigenvalue weighted by molar-refractivity contribution is -0.130. The quantitative estimate of drug-likeness (QED) is 0.769. The Kier molecular flexibility index (Phi) is 4.15. The molecular formula is C19H25N3O3. The van der Waals surface area contributed by atoms with E-state index in [1.807, 2.05) is 41.1 Å². The molecule has 2 fully saturated rings. The van der Waals surface area contributed by atoms with Crippen LogP contribution in [0, 0.1) is 0 Å². The van der Waals surface area contributed by atoms with E-state index in [-0.39, 0.29) is 24.0 Å². The highest BCUT2D eigenvalue weighted by molar-refractivity contribution is 5.97. The average molecular weight is 343 g/mol. The summed E-state index contributed by atoms with van der Waals surface area (Å²) in [5.74, 6) is 0.895.